The summed E-state index contributed by atoms with van der Waals surface area (Å²) in [5, 5.41) is 10.9. The van der Waals surface area contributed by atoms with Crippen LogP contribution < -0.4 is 9.08 Å². The van der Waals surface area contributed by atoms with Gasteiger partial charge in [0.1, 0.15) is 11.0 Å². The van der Waals surface area contributed by atoms with Crippen LogP contribution in [0.5, 0.6) is 5.75 Å². The lowest BCUT2D eigenvalue weighted by Crippen LogP contribution is -2.48. The predicted octanol–water partition coefficient (Wildman–Crippen LogP) is 3.28. The number of halogens is 2. The van der Waals surface area contributed by atoms with Crippen molar-refractivity contribution < 1.29 is 25.9 Å². The van der Waals surface area contributed by atoms with Crippen molar-refractivity contribution in [3.63, 3.8) is 0 Å². The molecule has 0 saturated carbocycles. The molecule has 11 nitrogen and oxygen atoms in total. The van der Waals surface area contributed by atoms with Crippen molar-refractivity contribution in [1.82, 2.24) is 9.21 Å². The van der Waals surface area contributed by atoms with E-state index >= 15 is 0 Å². The van der Waals surface area contributed by atoms with Gasteiger partial charge in [-0.25, -0.2) is 8.42 Å². The first-order chi connectivity index (χ1) is 17.9. The molecular weight excluding hydrogens is 599 g/mol. The third-order valence-electron chi connectivity index (χ3n) is 6.18. The number of sulfonamides is 1. The lowest BCUT2D eigenvalue weighted by atomic mass is 10.1. The van der Waals surface area contributed by atoms with E-state index in [0.717, 1.165) is 17.0 Å². The van der Waals surface area contributed by atoms with Gasteiger partial charge in [-0.05, 0) is 43.8 Å². The first kappa shape index (κ1) is 30.9. The van der Waals surface area contributed by atoms with E-state index in [-0.39, 0.29) is 24.4 Å². The number of rotatable bonds is 13. The van der Waals surface area contributed by atoms with Crippen molar-refractivity contribution in [1.29, 1.82) is 0 Å². The van der Waals surface area contributed by atoms with Crippen LogP contribution in [0, 0.1) is 17.0 Å². The maximum atomic E-state index is 13.6. The van der Waals surface area contributed by atoms with E-state index in [9.17, 15) is 26.9 Å². The molecule has 2 heterocycles. The quantitative estimate of drug-likeness (QED) is 0.142. The van der Waals surface area contributed by atoms with Gasteiger partial charge >= 0.3 is 15.1 Å². The van der Waals surface area contributed by atoms with Gasteiger partial charge in [-0.1, -0.05) is 11.3 Å². The van der Waals surface area contributed by atoms with Crippen molar-refractivity contribution >= 4 is 65.4 Å². The average Bonchev–Trinajstić information content (AvgIpc) is 3.24. The molecule has 1 aliphatic heterocycles. The third kappa shape index (κ3) is 7.49. The molecule has 38 heavy (non-hydrogen) atoms. The van der Waals surface area contributed by atoms with Crippen molar-refractivity contribution in [3.05, 3.63) is 50.9 Å². The smallest absolute Gasteiger partial charge is 0.328 e. The normalized spacial score (nSPS) is 16.3. The molecule has 0 amide bonds. The summed E-state index contributed by atoms with van der Waals surface area (Å²) in [7, 11) is -6.92. The lowest BCUT2D eigenvalue weighted by Gasteiger charge is -2.32. The Kier molecular flexibility index (Phi) is 10.6. The molecule has 1 atom stereocenters. The fourth-order valence-corrected chi connectivity index (χ4v) is 9.28. The summed E-state index contributed by atoms with van der Waals surface area (Å²) in [4.78, 5) is 14.9. The summed E-state index contributed by atoms with van der Waals surface area (Å²) in [5.74, 6) is -0.199. The zero-order valence-electron chi connectivity index (χ0n) is 21.0. The molecule has 1 unspecified atom stereocenters. The molecule has 0 N–H and O–H groups in total. The molecular formula is C22H30Cl2N4O7S3. The van der Waals surface area contributed by atoms with Crippen LogP contribution in [0.15, 0.2) is 29.6 Å². The highest BCUT2D eigenvalue weighted by molar-refractivity contribution is 7.92. The first-order valence-electron chi connectivity index (χ1n) is 11.7. The number of benzene rings is 1. The Labute approximate surface area is 237 Å². The van der Waals surface area contributed by atoms with E-state index in [1.54, 1.807) is 12.1 Å². The van der Waals surface area contributed by atoms with E-state index in [1.165, 1.54) is 28.7 Å². The van der Waals surface area contributed by atoms with Gasteiger partial charge < -0.3 is 14.0 Å². The Morgan fingerprint density at radius 2 is 1.66 bits per heavy atom. The van der Waals surface area contributed by atoms with Crippen molar-refractivity contribution in [2.45, 2.75) is 12.2 Å². The zero-order chi connectivity index (χ0) is 28.1. The number of nitro groups is 1. The molecule has 1 saturated heterocycles. The van der Waals surface area contributed by atoms with Crippen molar-refractivity contribution in [2.24, 2.45) is 0 Å². The van der Waals surface area contributed by atoms with Gasteiger partial charge in [0.2, 0.25) is 10.0 Å². The average molecular weight is 630 g/mol. The van der Waals surface area contributed by atoms with Gasteiger partial charge in [-0.15, -0.1) is 23.2 Å². The number of thiophene rings is 1. The van der Waals surface area contributed by atoms with Crippen LogP contribution in [-0.4, -0.2) is 94.8 Å². The molecule has 2 aromatic rings. The number of anilines is 1. The molecule has 1 fully saturated rings. The summed E-state index contributed by atoms with van der Waals surface area (Å²) in [6.07, 6.45) is 0. The second-order valence-corrected chi connectivity index (χ2v) is 14.1. The molecule has 16 heteroatoms. The maximum Gasteiger partial charge on any atom is 0.328 e. The summed E-state index contributed by atoms with van der Waals surface area (Å²) >= 11 is 12.5. The molecule has 212 valence electrons. The number of hydrogen-bond acceptors (Lipinski definition) is 10. The van der Waals surface area contributed by atoms with Crippen molar-refractivity contribution in [2.75, 3.05) is 68.7 Å². The van der Waals surface area contributed by atoms with Gasteiger partial charge in [-0.3, -0.25) is 10.1 Å². The summed E-state index contributed by atoms with van der Waals surface area (Å²) in [5.41, 5.74) is 0.875. The number of hydrogen-bond donors (Lipinski definition) is 0. The highest BCUT2D eigenvalue weighted by Crippen LogP contribution is 2.40. The minimum Gasteiger partial charge on any atom is -0.382 e. The van der Waals surface area contributed by atoms with E-state index in [2.05, 4.69) is 0 Å². The van der Waals surface area contributed by atoms with Gasteiger partial charge in [0.25, 0.3) is 0 Å². The number of alkyl halides is 2. The fourth-order valence-electron chi connectivity index (χ4n) is 4.13. The van der Waals surface area contributed by atoms with Crippen LogP contribution in [0.2, 0.25) is 0 Å². The van der Waals surface area contributed by atoms with Crippen LogP contribution in [0.3, 0.4) is 0 Å². The Balaban J connectivity index is 1.96. The predicted molar refractivity (Wildman–Crippen MR) is 151 cm³/mol. The van der Waals surface area contributed by atoms with Crippen LogP contribution in [0.4, 0.5) is 10.7 Å². The largest absolute Gasteiger partial charge is 0.382 e. The molecule has 0 bridgehead atoms. The standard InChI is InChI=1S/C22H30Cl2N4O7S3/c1-17-15-36-22(28(29)30)21(17)20(16-37(31,32)27-13-11-25(2)12-14-27)38(33,34)35-19-5-3-18(4-6-19)26(9-7-23)10-8-24/h3-6,15,20H,7-14,16H2,1-2H3. The fraction of sp³-hybridized carbons (Fsp3) is 0.545. The minimum absolute atomic E-state index is 0.0528. The topological polar surface area (TPSA) is 130 Å². The highest BCUT2D eigenvalue weighted by atomic mass is 35.5. The monoisotopic (exact) mass is 628 g/mol. The van der Waals surface area contributed by atoms with Crippen molar-refractivity contribution in [3.8, 4) is 5.75 Å². The van der Waals surface area contributed by atoms with E-state index in [0.29, 0.717) is 43.5 Å². The Morgan fingerprint density at radius 3 is 2.18 bits per heavy atom. The summed E-state index contributed by atoms with van der Waals surface area (Å²) in [6.45, 7) is 3.93. The number of likely N-dealkylation sites (N-methyl/N-ethyl adjacent to an activating group) is 1. The minimum atomic E-state index is -4.68. The van der Waals surface area contributed by atoms with Gasteiger partial charge in [0.05, 0.1) is 16.2 Å². The zero-order valence-corrected chi connectivity index (χ0v) is 24.9. The second kappa shape index (κ2) is 13.1. The van der Waals surface area contributed by atoms with Gasteiger partial charge in [-0.2, -0.15) is 12.7 Å². The number of piperazine rings is 1. The van der Waals surface area contributed by atoms with E-state index in [4.69, 9.17) is 27.4 Å². The van der Waals surface area contributed by atoms with Crippen LogP contribution in [-0.2, 0) is 20.1 Å². The molecule has 1 aromatic heterocycles. The van der Waals surface area contributed by atoms with Crippen LogP contribution in [0.25, 0.3) is 0 Å². The Hall–Kier alpha value is -1.68. The van der Waals surface area contributed by atoms with Gasteiger partial charge in [0, 0.05) is 62.1 Å². The van der Waals surface area contributed by atoms with Gasteiger partial charge in [0.15, 0.2) is 0 Å². The highest BCUT2D eigenvalue weighted by Gasteiger charge is 2.42. The Bertz CT molecular complexity index is 1310. The molecule has 1 aliphatic rings. The molecule has 0 aliphatic carbocycles. The second-order valence-electron chi connectivity index (χ2n) is 8.80. The number of nitrogens with zero attached hydrogens (tertiary/aromatic N) is 4. The van der Waals surface area contributed by atoms with E-state index in [1.807, 2.05) is 16.8 Å². The lowest BCUT2D eigenvalue weighted by molar-refractivity contribution is -0.380. The Morgan fingerprint density at radius 1 is 1.08 bits per heavy atom. The summed E-state index contributed by atoms with van der Waals surface area (Å²) < 4.78 is 60.4. The molecule has 0 spiro atoms. The molecule has 1 aromatic carbocycles. The molecule has 3 rings (SSSR count). The first-order valence-corrected chi connectivity index (χ1v) is 16.7. The summed E-state index contributed by atoms with van der Waals surface area (Å²) in [6, 6.07) is 6.14. The van der Waals surface area contributed by atoms with E-state index < -0.39 is 41.1 Å². The number of aryl methyl sites for hydroxylation is 1. The SMILES string of the molecule is Cc1csc([N+](=O)[O-])c1C(CS(=O)(=O)N1CCN(C)CC1)S(=O)(=O)Oc1ccc(N(CCCl)CCCl)cc1. The third-order valence-corrected chi connectivity index (χ3v) is 11.2. The maximum absolute atomic E-state index is 13.6. The van der Waals surface area contributed by atoms with Crippen LogP contribution >= 0.6 is 34.5 Å². The molecule has 0 radical (unpaired) electrons. The van der Waals surface area contributed by atoms with Crippen LogP contribution in [0.1, 0.15) is 16.4 Å².